The molecule has 4 aliphatic rings. The van der Waals surface area contributed by atoms with Gasteiger partial charge in [0.05, 0.1) is 6.42 Å². The van der Waals surface area contributed by atoms with Gasteiger partial charge in [-0.3, -0.25) is 14.4 Å². The van der Waals surface area contributed by atoms with Crippen LogP contribution in [0.25, 0.3) is 0 Å². The second-order valence-electron chi connectivity index (χ2n) is 13.2. The molecule has 0 radical (unpaired) electrons. The summed E-state index contributed by atoms with van der Waals surface area (Å²) in [5, 5.41) is 17.9. The zero-order valence-electron chi connectivity index (χ0n) is 22.8. The minimum atomic E-state index is -3.19. The largest absolute Gasteiger partial charge is 0.481 e. The molecule has 1 unspecified atom stereocenters. The molecule has 0 bridgehead atoms. The summed E-state index contributed by atoms with van der Waals surface area (Å²) in [5.74, 6) is -14.0. The van der Waals surface area contributed by atoms with E-state index < -0.39 is 102 Å². The van der Waals surface area contributed by atoms with Gasteiger partial charge in [-0.1, -0.05) is 20.8 Å². The smallest absolute Gasteiger partial charge is 0.323 e. The number of carboxylic acid groups (broad SMARTS) is 2. The summed E-state index contributed by atoms with van der Waals surface area (Å²) in [6.07, 6.45) is -0.933. The van der Waals surface area contributed by atoms with Crippen molar-refractivity contribution in [3.63, 3.8) is 0 Å². The summed E-state index contributed by atoms with van der Waals surface area (Å²) in [5.41, 5.74) is 3.18. The highest BCUT2D eigenvalue weighted by Gasteiger charge is 2.75. The first-order valence-corrected chi connectivity index (χ1v) is 14.1. The fourth-order valence-corrected chi connectivity index (χ4v) is 9.17. The minimum Gasteiger partial charge on any atom is -0.481 e. The van der Waals surface area contributed by atoms with Crippen molar-refractivity contribution in [2.75, 3.05) is 0 Å². The molecule has 4 rings (SSSR count). The monoisotopic (exact) mass is 563 g/mol. The number of hydrogen-bond acceptors (Lipinski definition) is 5. The van der Waals surface area contributed by atoms with Crippen molar-refractivity contribution in [3.8, 4) is 0 Å². The highest BCUT2D eigenvalue weighted by molar-refractivity contribution is 5.81. The molecule has 4 saturated carbocycles. The molecule has 0 aliphatic heterocycles. The highest BCUT2D eigenvalue weighted by atomic mass is 19.3. The number of carbonyl (C=O) groups excluding carboxylic acids is 1. The van der Waals surface area contributed by atoms with Crippen molar-refractivity contribution in [1.82, 2.24) is 0 Å². The van der Waals surface area contributed by atoms with Crippen LogP contribution in [0.1, 0.15) is 85.0 Å². The fourth-order valence-electron chi connectivity index (χ4n) is 9.17. The van der Waals surface area contributed by atoms with Crippen LogP contribution in [-0.4, -0.2) is 52.1 Å². The zero-order chi connectivity index (χ0) is 29.1. The molecule has 0 amide bonds. The van der Waals surface area contributed by atoms with Gasteiger partial charge in [0.15, 0.2) is 0 Å². The number of carbonyl (C=O) groups is 3. The molecule has 0 heterocycles. The molecular formula is C28H41F4NO6. The van der Waals surface area contributed by atoms with E-state index in [0.29, 0.717) is 19.3 Å². The maximum Gasteiger partial charge on any atom is 0.323 e. The van der Waals surface area contributed by atoms with Gasteiger partial charge in [0.2, 0.25) is 0 Å². The molecule has 10 atom stereocenters. The molecule has 4 aliphatic carbocycles. The van der Waals surface area contributed by atoms with Crippen molar-refractivity contribution in [2.45, 2.75) is 109 Å². The number of aliphatic carboxylic acids is 2. The first-order valence-electron chi connectivity index (χ1n) is 14.1. The van der Waals surface area contributed by atoms with Crippen LogP contribution in [0.4, 0.5) is 17.6 Å². The van der Waals surface area contributed by atoms with Crippen molar-refractivity contribution in [1.29, 1.82) is 0 Å². The van der Waals surface area contributed by atoms with Crippen LogP contribution in [0.3, 0.4) is 0 Å². The summed E-state index contributed by atoms with van der Waals surface area (Å²) in [4.78, 5) is 34.2. The molecule has 4 N–H and O–H groups in total. The number of halogens is 4. The molecule has 0 saturated heterocycles. The Morgan fingerprint density at radius 1 is 1.00 bits per heavy atom. The molecule has 0 aromatic rings. The van der Waals surface area contributed by atoms with Crippen LogP contribution < -0.4 is 5.73 Å². The Balaban J connectivity index is 1.57. The molecule has 0 spiro atoms. The number of nitrogens with two attached hydrogens (primary N) is 1. The number of esters is 1. The third-order valence-electron chi connectivity index (χ3n) is 11.3. The van der Waals surface area contributed by atoms with E-state index in [-0.39, 0.29) is 31.6 Å². The van der Waals surface area contributed by atoms with Crippen molar-refractivity contribution >= 4 is 17.9 Å². The van der Waals surface area contributed by atoms with Gasteiger partial charge >= 0.3 is 17.9 Å². The topological polar surface area (TPSA) is 127 Å². The van der Waals surface area contributed by atoms with Gasteiger partial charge in [0, 0.05) is 30.6 Å². The molecule has 222 valence electrons. The van der Waals surface area contributed by atoms with Gasteiger partial charge < -0.3 is 20.7 Å². The van der Waals surface area contributed by atoms with Crippen LogP contribution >= 0.6 is 0 Å². The van der Waals surface area contributed by atoms with E-state index in [1.807, 2.05) is 6.92 Å². The lowest BCUT2D eigenvalue weighted by atomic mass is 9.42. The van der Waals surface area contributed by atoms with Crippen LogP contribution in [0.15, 0.2) is 0 Å². The standard InChI is InChI=1S/C28H41F4NO6/c1-14(4-7-21(34)35)17-5-6-18-23-19(13-28(31,32)26(17,18)3)25(2)9-8-16(10-15(25)12-27(23,29)30)39-24(38)20(33)11-22(36)37/h14-20,23H,4-13,33H2,1-3H3,(H,34,35)(H,36,37)/t14-,15+,16-,17?,18+,19+,20+,23+,25+,26-/m1/s1. The van der Waals surface area contributed by atoms with E-state index >= 15 is 17.6 Å². The number of alkyl halides is 4. The van der Waals surface area contributed by atoms with E-state index in [0.717, 1.165) is 0 Å². The molecular weight excluding hydrogens is 522 g/mol. The molecule has 0 aromatic carbocycles. The van der Waals surface area contributed by atoms with Crippen LogP contribution in [-0.2, 0) is 19.1 Å². The van der Waals surface area contributed by atoms with Crippen LogP contribution in [0.5, 0.6) is 0 Å². The van der Waals surface area contributed by atoms with E-state index in [9.17, 15) is 14.4 Å². The number of ether oxygens (including phenoxy) is 1. The van der Waals surface area contributed by atoms with Crippen LogP contribution in [0, 0.1) is 46.3 Å². The second kappa shape index (κ2) is 10.2. The summed E-state index contributed by atoms with van der Waals surface area (Å²) in [6.45, 7) is 5.06. The Labute approximate surface area is 226 Å². The molecule has 4 fully saturated rings. The molecule has 0 aromatic heterocycles. The van der Waals surface area contributed by atoms with Crippen molar-refractivity contribution < 1.29 is 46.9 Å². The summed E-state index contributed by atoms with van der Waals surface area (Å²) in [7, 11) is 0. The van der Waals surface area contributed by atoms with E-state index in [4.69, 9.17) is 20.7 Å². The fraction of sp³-hybridized carbons (Fsp3) is 0.893. The van der Waals surface area contributed by atoms with E-state index in [1.165, 1.54) is 6.92 Å². The zero-order valence-corrected chi connectivity index (χ0v) is 22.8. The maximum atomic E-state index is 16.3. The second-order valence-corrected chi connectivity index (χ2v) is 13.2. The minimum absolute atomic E-state index is 0.100. The Hall–Kier alpha value is -1.91. The Kier molecular flexibility index (Phi) is 7.84. The number of hydrogen-bond donors (Lipinski definition) is 3. The van der Waals surface area contributed by atoms with Gasteiger partial charge in [-0.15, -0.1) is 0 Å². The lowest BCUT2D eigenvalue weighted by molar-refractivity contribution is -0.296. The Morgan fingerprint density at radius 3 is 2.28 bits per heavy atom. The molecule has 11 heteroatoms. The van der Waals surface area contributed by atoms with Gasteiger partial charge in [-0.05, 0) is 73.5 Å². The number of fused-ring (bicyclic) bond motifs is 5. The molecule has 39 heavy (non-hydrogen) atoms. The van der Waals surface area contributed by atoms with Gasteiger partial charge in [-0.25, -0.2) is 17.6 Å². The van der Waals surface area contributed by atoms with E-state index in [2.05, 4.69) is 0 Å². The Morgan fingerprint density at radius 2 is 1.67 bits per heavy atom. The normalized spacial score (nSPS) is 41.8. The van der Waals surface area contributed by atoms with E-state index in [1.54, 1.807) is 6.92 Å². The summed E-state index contributed by atoms with van der Waals surface area (Å²) < 4.78 is 70.0. The quantitative estimate of drug-likeness (QED) is 0.268. The third-order valence-corrected chi connectivity index (χ3v) is 11.3. The lowest BCUT2D eigenvalue weighted by Crippen LogP contribution is -2.66. The lowest BCUT2D eigenvalue weighted by Gasteiger charge is -2.64. The van der Waals surface area contributed by atoms with Crippen LogP contribution in [0.2, 0.25) is 0 Å². The summed E-state index contributed by atoms with van der Waals surface area (Å²) in [6, 6.07) is -1.36. The predicted octanol–water partition coefficient (Wildman–Crippen LogP) is 5.35. The highest BCUT2D eigenvalue weighted by Crippen LogP contribution is 2.74. The van der Waals surface area contributed by atoms with Crippen molar-refractivity contribution in [2.24, 2.45) is 52.1 Å². The Bertz CT molecular complexity index is 993. The first kappa shape index (κ1) is 30.1. The molecule has 7 nitrogen and oxygen atoms in total. The number of rotatable bonds is 8. The predicted molar refractivity (Wildman–Crippen MR) is 132 cm³/mol. The SMILES string of the molecule is C[C@H](CCC(=O)O)C1CC[C@H]2[C@H]3[C@H](CC(F)(F)[C@]12C)[C@@]1(C)CC[C@@H](OC(=O)[C@@H](N)CC(=O)O)C[C@H]1CC3(F)F. The average Bonchev–Trinajstić information content (AvgIpc) is 3.16. The maximum absolute atomic E-state index is 16.3. The average molecular weight is 564 g/mol. The first-order chi connectivity index (χ1) is 17.9. The number of carboxylic acids is 2. The third kappa shape index (κ3) is 5.05. The van der Waals surface area contributed by atoms with Crippen molar-refractivity contribution in [3.05, 3.63) is 0 Å². The summed E-state index contributed by atoms with van der Waals surface area (Å²) >= 11 is 0. The van der Waals surface area contributed by atoms with Gasteiger partial charge in [-0.2, -0.15) is 0 Å². The van der Waals surface area contributed by atoms with Gasteiger partial charge in [0.1, 0.15) is 12.1 Å². The van der Waals surface area contributed by atoms with Gasteiger partial charge in [0.25, 0.3) is 11.8 Å².